The Balaban J connectivity index is 1.59. The number of nitrogens with two attached hydrogens (primary N) is 1. The van der Waals surface area contributed by atoms with E-state index in [9.17, 15) is 9.59 Å². The van der Waals surface area contributed by atoms with Crippen molar-refractivity contribution in [1.82, 2.24) is 14.7 Å². The molecule has 0 aliphatic carbocycles. The number of hydrogen-bond acceptors (Lipinski definition) is 5. The third-order valence-corrected chi connectivity index (χ3v) is 5.21. The SMILES string of the molecule is Cc1cc(C)n(C2CN([C@@H](C)C(=O)Nc3sccc3C(N)=O)C2)n1. The zero-order valence-electron chi connectivity index (χ0n) is 13.9. The summed E-state index contributed by atoms with van der Waals surface area (Å²) in [6.07, 6.45) is 0. The number of anilines is 1. The Bertz CT molecular complexity index is 775. The highest BCUT2D eigenvalue weighted by molar-refractivity contribution is 7.14. The van der Waals surface area contributed by atoms with Crippen LogP contribution in [0.25, 0.3) is 0 Å². The maximum absolute atomic E-state index is 12.4. The fraction of sp³-hybridized carbons (Fsp3) is 0.438. The summed E-state index contributed by atoms with van der Waals surface area (Å²) >= 11 is 1.30. The van der Waals surface area contributed by atoms with E-state index in [4.69, 9.17) is 5.73 Å². The molecule has 8 heteroatoms. The summed E-state index contributed by atoms with van der Waals surface area (Å²) in [5.74, 6) is -0.667. The largest absolute Gasteiger partial charge is 0.366 e. The smallest absolute Gasteiger partial charge is 0.251 e. The van der Waals surface area contributed by atoms with Crippen molar-refractivity contribution in [3.8, 4) is 0 Å². The minimum absolute atomic E-state index is 0.133. The molecular formula is C16H21N5O2S. The normalized spacial score (nSPS) is 16.6. The molecule has 0 radical (unpaired) electrons. The third kappa shape index (κ3) is 3.07. The average molecular weight is 347 g/mol. The zero-order chi connectivity index (χ0) is 17.4. The standard InChI is InChI=1S/C16H21N5O2S/c1-9-6-10(2)21(19-9)12-7-20(8-12)11(3)15(23)18-16-13(14(17)22)4-5-24-16/h4-6,11-12H,7-8H2,1-3H3,(H2,17,22)(H,18,23)/t11-/m0/s1. The van der Waals surface area contributed by atoms with E-state index in [-0.39, 0.29) is 11.9 Å². The number of likely N-dealkylation sites (tertiary alicyclic amines) is 1. The van der Waals surface area contributed by atoms with Crippen molar-refractivity contribution in [3.05, 3.63) is 34.5 Å². The van der Waals surface area contributed by atoms with Crippen LogP contribution in [0.4, 0.5) is 5.00 Å². The van der Waals surface area contributed by atoms with Crippen LogP contribution in [0, 0.1) is 13.8 Å². The minimum atomic E-state index is -0.534. The number of primary amides is 1. The van der Waals surface area contributed by atoms with Gasteiger partial charge in [-0.3, -0.25) is 19.2 Å². The molecule has 2 aromatic heterocycles. The summed E-state index contributed by atoms with van der Waals surface area (Å²) in [7, 11) is 0. The third-order valence-electron chi connectivity index (χ3n) is 4.38. The van der Waals surface area contributed by atoms with Gasteiger partial charge in [0.1, 0.15) is 5.00 Å². The zero-order valence-corrected chi connectivity index (χ0v) is 14.8. The maximum atomic E-state index is 12.4. The van der Waals surface area contributed by atoms with Gasteiger partial charge in [0, 0.05) is 18.8 Å². The minimum Gasteiger partial charge on any atom is -0.366 e. The first-order chi connectivity index (χ1) is 11.4. The van der Waals surface area contributed by atoms with Crippen molar-refractivity contribution in [1.29, 1.82) is 0 Å². The molecule has 0 unspecified atom stereocenters. The number of thiophene rings is 1. The summed E-state index contributed by atoms with van der Waals surface area (Å²) in [4.78, 5) is 25.8. The molecule has 3 rings (SSSR count). The summed E-state index contributed by atoms with van der Waals surface area (Å²) in [6.45, 7) is 7.45. The van der Waals surface area contributed by atoms with Crippen LogP contribution in [0.1, 0.15) is 34.7 Å². The van der Waals surface area contributed by atoms with Gasteiger partial charge in [-0.2, -0.15) is 5.10 Å². The Kier molecular flexibility index (Phi) is 4.42. The van der Waals surface area contributed by atoms with Crippen molar-refractivity contribution in [2.24, 2.45) is 5.73 Å². The number of aromatic nitrogens is 2. The van der Waals surface area contributed by atoms with Crippen LogP contribution in [0.5, 0.6) is 0 Å². The van der Waals surface area contributed by atoms with E-state index in [1.807, 2.05) is 25.5 Å². The quantitative estimate of drug-likeness (QED) is 0.858. The van der Waals surface area contributed by atoms with E-state index in [1.165, 1.54) is 11.3 Å². The van der Waals surface area contributed by atoms with Crippen LogP contribution in [0.2, 0.25) is 0 Å². The number of nitrogens with one attached hydrogen (secondary N) is 1. The van der Waals surface area contributed by atoms with Crippen LogP contribution in [0.3, 0.4) is 0 Å². The van der Waals surface area contributed by atoms with Gasteiger partial charge in [-0.05, 0) is 38.3 Å². The van der Waals surface area contributed by atoms with Crippen LogP contribution in [0.15, 0.2) is 17.5 Å². The lowest BCUT2D eigenvalue weighted by Gasteiger charge is -2.42. The van der Waals surface area contributed by atoms with Crippen molar-refractivity contribution in [2.75, 3.05) is 18.4 Å². The number of amides is 2. The highest BCUT2D eigenvalue weighted by Gasteiger charge is 2.35. The molecule has 128 valence electrons. The van der Waals surface area contributed by atoms with E-state index < -0.39 is 5.91 Å². The molecular weight excluding hydrogens is 326 g/mol. The molecule has 0 spiro atoms. The molecule has 2 aromatic rings. The molecule has 2 amide bonds. The van der Waals surface area contributed by atoms with Gasteiger partial charge in [0.05, 0.1) is 23.3 Å². The fourth-order valence-corrected chi connectivity index (χ4v) is 3.75. The number of carbonyl (C=O) groups excluding carboxylic acids is 2. The molecule has 3 heterocycles. The number of rotatable bonds is 5. The number of hydrogen-bond donors (Lipinski definition) is 2. The van der Waals surface area contributed by atoms with Gasteiger partial charge < -0.3 is 11.1 Å². The molecule has 1 fully saturated rings. The second-order valence-corrected chi connectivity index (χ2v) is 7.09. The van der Waals surface area contributed by atoms with Crippen LogP contribution in [-0.2, 0) is 4.79 Å². The molecule has 1 saturated heterocycles. The number of carbonyl (C=O) groups is 2. The summed E-state index contributed by atoms with van der Waals surface area (Å²) in [5, 5.41) is 9.56. The first-order valence-electron chi connectivity index (χ1n) is 7.81. The lowest BCUT2D eigenvalue weighted by atomic mass is 10.1. The van der Waals surface area contributed by atoms with E-state index in [2.05, 4.69) is 21.4 Å². The highest BCUT2D eigenvalue weighted by Crippen LogP contribution is 2.27. The second kappa shape index (κ2) is 6.37. The number of nitrogens with zero attached hydrogens (tertiary/aromatic N) is 3. The number of aryl methyl sites for hydroxylation is 2. The molecule has 7 nitrogen and oxygen atoms in total. The summed E-state index contributed by atoms with van der Waals surface area (Å²) in [6, 6.07) is 3.70. The van der Waals surface area contributed by atoms with Crippen LogP contribution in [-0.4, -0.2) is 45.6 Å². The molecule has 1 aliphatic rings. The molecule has 0 bridgehead atoms. The highest BCUT2D eigenvalue weighted by atomic mass is 32.1. The Morgan fingerprint density at radius 1 is 1.42 bits per heavy atom. The first kappa shape index (κ1) is 16.7. The van der Waals surface area contributed by atoms with Gasteiger partial charge in [0.2, 0.25) is 5.91 Å². The van der Waals surface area contributed by atoms with Crippen molar-refractivity contribution < 1.29 is 9.59 Å². The predicted molar refractivity (Wildman–Crippen MR) is 93.2 cm³/mol. The van der Waals surface area contributed by atoms with Gasteiger partial charge in [-0.1, -0.05) is 0 Å². The molecule has 24 heavy (non-hydrogen) atoms. The Morgan fingerprint density at radius 2 is 2.12 bits per heavy atom. The Labute approximate surface area is 144 Å². The van der Waals surface area contributed by atoms with Crippen molar-refractivity contribution >= 4 is 28.2 Å². The van der Waals surface area contributed by atoms with E-state index in [0.717, 1.165) is 24.5 Å². The fourth-order valence-electron chi connectivity index (χ4n) is 2.96. The molecule has 0 saturated carbocycles. The lowest BCUT2D eigenvalue weighted by Crippen LogP contribution is -2.55. The van der Waals surface area contributed by atoms with E-state index in [1.54, 1.807) is 11.4 Å². The van der Waals surface area contributed by atoms with E-state index >= 15 is 0 Å². The van der Waals surface area contributed by atoms with Gasteiger partial charge >= 0.3 is 0 Å². The Morgan fingerprint density at radius 3 is 2.71 bits per heavy atom. The Hall–Kier alpha value is -2.19. The topological polar surface area (TPSA) is 93.3 Å². The summed E-state index contributed by atoms with van der Waals surface area (Å²) < 4.78 is 2.03. The lowest BCUT2D eigenvalue weighted by molar-refractivity contribution is -0.123. The van der Waals surface area contributed by atoms with Crippen LogP contribution >= 0.6 is 11.3 Å². The van der Waals surface area contributed by atoms with Crippen molar-refractivity contribution in [3.63, 3.8) is 0 Å². The molecule has 3 N–H and O–H groups in total. The summed E-state index contributed by atoms with van der Waals surface area (Å²) in [5.41, 5.74) is 7.80. The van der Waals surface area contributed by atoms with Gasteiger partial charge in [0.25, 0.3) is 5.91 Å². The van der Waals surface area contributed by atoms with Crippen molar-refractivity contribution in [2.45, 2.75) is 32.9 Å². The van der Waals surface area contributed by atoms with Gasteiger partial charge in [-0.25, -0.2) is 0 Å². The van der Waals surface area contributed by atoms with Gasteiger partial charge in [-0.15, -0.1) is 11.3 Å². The monoisotopic (exact) mass is 347 g/mol. The predicted octanol–water partition coefficient (Wildman–Crippen LogP) is 1.54. The maximum Gasteiger partial charge on any atom is 0.251 e. The molecule has 1 atom stereocenters. The van der Waals surface area contributed by atoms with Crippen LogP contribution < -0.4 is 11.1 Å². The second-order valence-electron chi connectivity index (χ2n) is 6.17. The molecule has 0 aromatic carbocycles. The molecule has 1 aliphatic heterocycles. The van der Waals surface area contributed by atoms with Gasteiger partial charge in [0.15, 0.2) is 0 Å². The van der Waals surface area contributed by atoms with E-state index in [0.29, 0.717) is 16.6 Å². The average Bonchev–Trinajstić information content (AvgIpc) is 3.04. The first-order valence-corrected chi connectivity index (χ1v) is 8.69.